The molecule has 1 aromatic carbocycles. The highest BCUT2D eigenvalue weighted by atomic mass is 19.4. The summed E-state index contributed by atoms with van der Waals surface area (Å²) in [6.45, 7) is 2.26. The minimum absolute atomic E-state index is 0.0423. The van der Waals surface area contributed by atoms with Crippen LogP contribution in [0.2, 0.25) is 0 Å². The average molecular weight is 454 g/mol. The van der Waals surface area contributed by atoms with E-state index in [-0.39, 0.29) is 29.7 Å². The number of hydrogen-bond donors (Lipinski definition) is 2. The third-order valence-electron chi connectivity index (χ3n) is 6.47. The lowest BCUT2D eigenvalue weighted by Crippen LogP contribution is -2.25. The molecule has 2 N–H and O–H groups in total. The Balaban J connectivity index is 1.56. The van der Waals surface area contributed by atoms with Crippen LogP contribution in [0.5, 0.6) is 0 Å². The summed E-state index contributed by atoms with van der Waals surface area (Å²) in [7, 11) is 0. The topological polar surface area (TPSA) is 66.9 Å². The van der Waals surface area contributed by atoms with E-state index in [9.17, 15) is 18.0 Å². The molecule has 5 rings (SSSR count). The molecule has 0 saturated heterocycles. The number of nitrogens with one attached hydrogen (secondary N) is 2. The van der Waals surface area contributed by atoms with Crippen molar-refractivity contribution < 1.29 is 18.0 Å². The quantitative estimate of drug-likeness (QED) is 0.483. The van der Waals surface area contributed by atoms with Gasteiger partial charge in [0.15, 0.2) is 0 Å². The molecule has 0 bridgehead atoms. The third kappa shape index (κ3) is 4.65. The number of halogens is 3. The molecular weight excluding hydrogens is 429 g/mol. The Labute approximate surface area is 189 Å². The second-order valence-corrected chi connectivity index (χ2v) is 8.95. The molecule has 2 aromatic heterocycles. The van der Waals surface area contributed by atoms with Crippen LogP contribution in [0, 0.1) is 5.92 Å². The van der Waals surface area contributed by atoms with Gasteiger partial charge in [-0.3, -0.25) is 9.78 Å². The number of anilines is 1. The van der Waals surface area contributed by atoms with Crippen LogP contribution < -0.4 is 10.6 Å². The normalized spacial score (nSPS) is 20.0. The van der Waals surface area contributed by atoms with Crippen LogP contribution in [0.1, 0.15) is 65.8 Å². The van der Waals surface area contributed by atoms with Gasteiger partial charge in [-0.05, 0) is 67.0 Å². The van der Waals surface area contributed by atoms with Gasteiger partial charge in [0.1, 0.15) is 5.69 Å². The second-order valence-electron chi connectivity index (χ2n) is 8.95. The third-order valence-corrected chi connectivity index (χ3v) is 6.47. The lowest BCUT2D eigenvalue weighted by Gasteiger charge is -2.17. The van der Waals surface area contributed by atoms with Crippen LogP contribution in [0.25, 0.3) is 10.9 Å². The molecule has 3 aromatic rings. The molecule has 2 aliphatic carbocycles. The van der Waals surface area contributed by atoms with E-state index >= 15 is 0 Å². The summed E-state index contributed by atoms with van der Waals surface area (Å²) in [6.07, 6.45) is 0.808. The second kappa shape index (κ2) is 8.32. The monoisotopic (exact) mass is 454 g/mol. The standard InChI is InChI=1S/C25H25F3N4O/c1-2-14-11-20(14)31-21-12-22(24(33)30-13-17-5-3-4-8-29-17)32-23-18(21)9-16(15-6-7-15)10-19(23)25(26,27)28/h3-5,8-10,12,14-15,20H,2,6-7,11,13H2,1H3,(H,30,33)(H,31,32). The number of carbonyl (C=O) groups is 1. The van der Waals surface area contributed by atoms with Crippen LogP contribution in [0.4, 0.5) is 18.9 Å². The van der Waals surface area contributed by atoms with Crippen molar-refractivity contribution in [3.63, 3.8) is 0 Å². The number of aromatic nitrogens is 2. The summed E-state index contributed by atoms with van der Waals surface area (Å²) < 4.78 is 42.1. The maximum Gasteiger partial charge on any atom is 0.418 e. The van der Waals surface area contributed by atoms with E-state index in [0.29, 0.717) is 28.2 Å². The van der Waals surface area contributed by atoms with Crippen molar-refractivity contribution >= 4 is 22.5 Å². The summed E-state index contributed by atoms with van der Waals surface area (Å²) in [6, 6.07) is 10.1. The Morgan fingerprint density at radius 1 is 1.18 bits per heavy atom. The van der Waals surface area contributed by atoms with E-state index in [1.807, 2.05) is 6.07 Å². The molecule has 0 aliphatic heterocycles. The predicted molar refractivity (Wildman–Crippen MR) is 120 cm³/mol. The molecule has 172 valence electrons. The highest BCUT2D eigenvalue weighted by Crippen LogP contribution is 2.46. The van der Waals surface area contributed by atoms with Gasteiger partial charge in [-0.15, -0.1) is 0 Å². The first-order valence-electron chi connectivity index (χ1n) is 11.3. The molecule has 8 heteroatoms. The molecule has 5 nitrogen and oxygen atoms in total. The van der Waals surface area contributed by atoms with Crippen molar-refractivity contribution in [2.45, 2.75) is 57.3 Å². The van der Waals surface area contributed by atoms with Gasteiger partial charge in [0, 0.05) is 23.3 Å². The average Bonchev–Trinajstić information content (AvgIpc) is 3.72. The fourth-order valence-electron chi connectivity index (χ4n) is 4.29. The molecule has 2 heterocycles. The Morgan fingerprint density at radius 3 is 2.64 bits per heavy atom. The molecule has 1 amide bonds. The van der Waals surface area contributed by atoms with Gasteiger partial charge in [-0.2, -0.15) is 13.2 Å². The van der Waals surface area contributed by atoms with Crippen LogP contribution in [0.15, 0.2) is 42.6 Å². The summed E-state index contributed by atoms with van der Waals surface area (Å²) in [5.74, 6) is 0.116. The van der Waals surface area contributed by atoms with Gasteiger partial charge < -0.3 is 10.6 Å². The molecule has 2 aliphatic rings. The number of hydrogen-bond acceptors (Lipinski definition) is 4. The number of alkyl halides is 3. The fourth-order valence-corrected chi connectivity index (χ4v) is 4.29. The Bertz CT molecular complexity index is 1190. The van der Waals surface area contributed by atoms with Crippen molar-refractivity contribution in [1.29, 1.82) is 0 Å². The Morgan fingerprint density at radius 2 is 2.00 bits per heavy atom. The zero-order valence-corrected chi connectivity index (χ0v) is 18.2. The highest BCUT2D eigenvalue weighted by Gasteiger charge is 2.38. The number of fused-ring (bicyclic) bond motifs is 1. The van der Waals surface area contributed by atoms with Gasteiger partial charge in [0.25, 0.3) is 5.91 Å². The SMILES string of the molecule is CCC1CC1Nc1cc(C(=O)NCc2ccccn2)nc2c(C(F)(F)F)cc(C3CC3)cc12. The highest BCUT2D eigenvalue weighted by molar-refractivity contribution is 6.01. The lowest BCUT2D eigenvalue weighted by atomic mass is 10.00. The van der Waals surface area contributed by atoms with E-state index in [2.05, 4.69) is 27.5 Å². The lowest BCUT2D eigenvalue weighted by molar-refractivity contribution is -0.136. The van der Waals surface area contributed by atoms with E-state index in [1.54, 1.807) is 30.5 Å². The van der Waals surface area contributed by atoms with Crippen molar-refractivity contribution in [3.8, 4) is 0 Å². The minimum Gasteiger partial charge on any atom is -0.381 e. The number of rotatable bonds is 7. The number of pyridine rings is 2. The van der Waals surface area contributed by atoms with Gasteiger partial charge in [0.2, 0.25) is 0 Å². The summed E-state index contributed by atoms with van der Waals surface area (Å²) in [5, 5.41) is 6.54. The molecule has 2 atom stereocenters. The van der Waals surface area contributed by atoms with Crippen LogP contribution in [0.3, 0.4) is 0 Å². The van der Waals surface area contributed by atoms with Crippen LogP contribution in [-0.2, 0) is 12.7 Å². The van der Waals surface area contributed by atoms with Crippen molar-refractivity contribution in [2.24, 2.45) is 5.92 Å². The maximum atomic E-state index is 14.0. The van der Waals surface area contributed by atoms with Crippen molar-refractivity contribution in [3.05, 3.63) is 65.1 Å². The number of carbonyl (C=O) groups excluding carboxylic acids is 1. The van der Waals surface area contributed by atoms with Gasteiger partial charge in [-0.25, -0.2) is 4.98 Å². The predicted octanol–water partition coefficient (Wildman–Crippen LogP) is 5.67. The first-order valence-corrected chi connectivity index (χ1v) is 11.3. The van der Waals surface area contributed by atoms with Crippen LogP contribution in [-0.4, -0.2) is 21.9 Å². The smallest absolute Gasteiger partial charge is 0.381 e. The minimum atomic E-state index is -4.57. The zero-order valence-electron chi connectivity index (χ0n) is 18.2. The van der Waals surface area contributed by atoms with E-state index in [4.69, 9.17) is 0 Å². The van der Waals surface area contributed by atoms with E-state index < -0.39 is 17.6 Å². The van der Waals surface area contributed by atoms with Crippen LogP contribution >= 0.6 is 0 Å². The number of nitrogens with zero attached hydrogens (tertiary/aromatic N) is 2. The zero-order chi connectivity index (χ0) is 23.2. The van der Waals surface area contributed by atoms with Crippen molar-refractivity contribution in [2.75, 3.05) is 5.32 Å². The Kier molecular flexibility index (Phi) is 5.46. The number of benzene rings is 1. The molecule has 0 radical (unpaired) electrons. The fraction of sp³-hybridized carbons (Fsp3) is 0.400. The maximum absolute atomic E-state index is 14.0. The van der Waals surface area contributed by atoms with Crippen molar-refractivity contribution in [1.82, 2.24) is 15.3 Å². The molecule has 0 spiro atoms. The van der Waals surface area contributed by atoms with E-state index in [1.165, 1.54) is 6.07 Å². The molecular formula is C25H25F3N4O. The first-order chi connectivity index (χ1) is 15.8. The van der Waals surface area contributed by atoms with Gasteiger partial charge >= 0.3 is 6.18 Å². The summed E-state index contributed by atoms with van der Waals surface area (Å²) >= 11 is 0. The largest absolute Gasteiger partial charge is 0.418 e. The Hall–Kier alpha value is -3.16. The number of amides is 1. The van der Waals surface area contributed by atoms with Gasteiger partial charge in [0.05, 0.1) is 23.3 Å². The summed E-state index contributed by atoms with van der Waals surface area (Å²) in [5.41, 5.74) is 0.866. The van der Waals surface area contributed by atoms with E-state index in [0.717, 1.165) is 25.7 Å². The van der Waals surface area contributed by atoms with Gasteiger partial charge in [-0.1, -0.05) is 19.4 Å². The molecule has 2 unspecified atom stereocenters. The first kappa shape index (κ1) is 21.7. The molecule has 2 saturated carbocycles. The molecule has 2 fully saturated rings. The summed E-state index contributed by atoms with van der Waals surface area (Å²) in [4.78, 5) is 21.2. The molecule has 33 heavy (non-hydrogen) atoms.